The van der Waals surface area contributed by atoms with E-state index in [4.69, 9.17) is 0 Å². The number of rotatable bonds is 6. The Morgan fingerprint density at radius 2 is 2.18 bits per heavy atom. The van der Waals surface area contributed by atoms with Gasteiger partial charge in [0.2, 0.25) is 0 Å². The summed E-state index contributed by atoms with van der Waals surface area (Å²) < 4.78 is 24.8. The highest BCUT2D eigenvalue weighted by Gasteiger charge is 2.20. The lowest BCUT2D eigenvalue weighted by molar-refractivity contribution is 0.528. The summed E-state index contributed by atoms with van der Waals surface area (Å²) >= 11 is 0. The van der Waals surface area contributed by atoms with Crippen molar-refractivity contribution >= 4 is 9.84 Å². The molecule has 0 aromatic carbocycles. The molecule has 6 heteroatoms. The molecule has 98 valence electrons. The highest BCUT2D eigenvalue weighted by Crippen LogP contribution is 2.15. The zero-order chi connectivity index (χ0) is 13.1. The van der Waals surface area contributed by atoms with Crippen LogP contribution in [0.3, 0.4) is 0 Å². The van der Waals surface area contributed by atoms with Crippen molar-refractivity contribution in [3.63, 3.8) is 0 Å². The monoisotopic (exact) mass is 259 g/mol. The number of imidazole rings is 1. The Morgan fingerprint density at radius 1 is 1.53 bits per heavy atom. The van der Waals surface area contributed by atoms with Gasteiger partial charge in [0.25, 0.3) is 0 Å². The lowest BCUT2D eigenvalue weighted by Gasteiger charge is -2.18. The SMILES string of the molecule is CCCNC(CS(C)(=O)=O)c1cnc(C)n1C. The molecule has 0 radical (unpaired) electrons. The summed E-state index contributed by atoms with van der Waals surface area (Å²) in [4.78, 5) is 4.20. The van der Waals surface area contributed by atoms with Gasteiger partial charge in [0.1, 0.15) is 15.7 Å². The molecular formula is C11H21N3O2S. The van der Waals surface area contributed by atoms with Gasteiger partial charge >= 0.3 is 0 Å². The van der Waals surface area contributed by atoms with Gasteiger partial charge in [-0.05, 0) is 19.9 Å². The Balaban J connectivity index is 2.93. The van der Waals surface area contributed by atoms with Crippen LogP contribution in [0.15, 0.2) is 6.20 Å². The number of aromatic nitrogens is 2. The fourth-order valence-electron chi connectivity index (χ4n) is 1.71. The van der Waals surface area contributed by atoms with Gasteiger partial charge < -0.3 is 9.88 Å². The zero-order valence-corrected chi connectivity index (χ0v) is 11.7. The van der Waals surface area contributed by atoms with Crippen molar-refractivity contribution in [2.24, 2.45) is 7.05 Å². The smallest absolute Gasteiger partial charge is 0.149 e. The van der Waals surface area contributed by atoms with Crippen LogP contribution in [0.25, 0.3) is 0 Å². The first-order valence-electron chi connectivity index (χ1n) is 5.74. The molecule has 1 heterocycles. The Bertz CT molecular complexity index is 465. The van der Waals surface area contributed by atoms with Gasteiger partial charge in [-0.3, -0.25) is 0 Å². The van der Waals surface area contributed by atoms with Crippen molar-refractivity contribution in [1.29, 1.82) is 0 Å². The maximum Gasteiger partial charge on any atom is 0.149 e. The molecule has 0 aliphatic heterocycles. The average molecular weight is 259 g/mol. The minimum Gasteiger partial charge on any atom is -0.334 e. The molecule has 5 nitrogen and oxygen atoms in total. The predicted molar refractivity (Wildman–Crippen MR) is 68.7 cm³/mol. The minimum atomic E-state index is -3.01. The lowest BCUT2D eigenvalue weighted by Crippen LogP contribution is -2.30. The van der Waals surface area contributed by atoms with E-state index in [1.54, 1.807) is 6.20 Å². The van der Waals surface area contributed by atoms with Crippen molar-refractivity contribution in [3.8, 4) is 0 Å². The van der Waals surface area contributed by atoms with Crippen molar-refractivity contribution in [3.05, 3.63) is 17.7 Å². The van der Waals surface area contributed by atoms with Crippen LogP contribution in [0.2, 0.25) is 0 Å². The van der Waals surface area contributed by atoms with Crippen LogP contribution in [0.1, 0.15) is 30.9 Å². The molecule has 1 rings (SSSR count). The molecule has 1 N–H and O–H groups in total. The van der Waals surface area contributed by atoms with Crippen molar-refractivity contribution < 1.29 is 8.42 Å². The number of nitrogens with zero attached hydrogens (tertiary/aromatic N) is 2. The summed E-state index contributed by atoms with van der Waals surface area (Å²) in [6.07, 6.45) is 3.97. The minimum absolute atomic E-state index is 0.103. The Morgan fingerprint density at radius 3 is 2.59 bits per heavy atom. The largest absolute Gasteiger partial charge is 0.334 e. The highest BCUT2D eigenvalue weighted by atomic mass is 32.2. The molecule has 1 unspecified atom stereocenters. The van der Waals surface area contributed by atoms with Crippen LogP contribution >= 0.6 is 0 Å². The average Bonchev–Trinajstić information content (AvgIpc) is 2.53. The summed E-state index contributed by atoms with van der Waals surface area (Å²) in [5.74, 6) is 0.989. The maximum atomic E-state index is 11.4. The standard InChI is InChI=1S/C11H21N3O2S/c1-5-6-12-10(8-17(4,15)16)11-7-13-9(2)14(11)3/h7,10,12H,5-6,8H2,1-4H3. The van der Waals surface area contributed by atoms with Gasteiger partial charge in [0.15, 0.2) is 0 Å². The van der Waals surface area contributed by atoms with Crippen LogP contribution < -0.4 is 5.32 Å². The number of aryl methyl sites for hydroxylation is 1. The van der Waals surface area contributed by atoms with Crippen LogP contribution in [-0.4, -0.2) is 36.5 Å². The van der Waals surface area contributed by atoms with E-state index in [9.17, 15) is 8.42 Å². The summed E-state index contributed by atoms with van der Waals surface area (Å²) in [6.45, 7) is 4.75. The zero-order valence-electron chi connectivity index (χ0n) is 10.9. The summed E-state index contributed by atoms with van der Waals surface area (Å²) in [5, 5.41) is 3.26. The Labute approximate surface area is 103 Å². The van der Waals surface area contributed by atoms with Crippen LogP contribution in [0, 0.1) is 6.92 Å². The Kier molecular flexibility index (Phi) is 4.70. The highest BCUT2D eigenvalue weighted by molar-refractivity contribution is 7.90. The summed E-state index contributed by atoms with van der Waals surface area (Å²) in [5.41, 5.74) is 0.918. The molecule has 0 aliphatic rings. The first kappa shape index (κ1) is 14.2. The quantitative estimate of drug-likeness (QED) is 0.821. The number of nitrogens with one attached hydrogen (secondary N) is 1. The Hall–Kier alpha value is -0.880. The summed E-state index contributed by atoms with van der Waals surface area (Å²) in [6, 6.07) is -0.184. The molecular weight excluding hydrogens is 238 g/mol. The van der Waals surface area contributed by atoms with E-state index < -0.39 is 9.84 Å². The van der Waals surface area contributed by atoms with Gasteiger partial charge in [0, 0.05) is 13.3 Å². The van der Waals surface area contributed by atoms with Gasteiger partial charge in [-0.2, -0.15) is 0 Å². The number of sulfone groups is 1. The molecule has 0 bridgehead atoms. The topological polar surface area (TPSA) is 64.0 Å². The predicted octanol–water partition coefficient (Wildman–Crippen LogP) is 0.814. The second kappa shape index (κ2) is 5.64. The van der Waals surface area contributed by atoms with E-state index in [0.717, 1.165) is 24.5 Å². The van der Waals surface area contributed by atoms with E-state index in [0.29, 0.717) is 0 Å². The molecule has 1 atom stereocenters. The fourth-order valence-corrected chi connectivity index (χ4v) is 2.61. The number of hydrogen-bond donors (Lipinski definition) is 1. The third-order valence-corrected chi connectivity index (χ3v) is 3.66. The van der Waals surface area contributed by atoms with Crippen LogP contribution in [0.5, 0.6) is 0 Å². The molecule has 1 aromatic heterocycles. The third-order valence-electron chi connectivity index (χ3n) is 2.72. The molecule has 0 fully saturated rings. The summed E-state index contributed by atoms with van der Waals surface area (Å²) in [7, 11) is -1.11. The first-order chi connectivity index (χ1) is 7.85. The second-order valence-electron chi connectivity index (χ2n) is 4.39. The maximum absolute atomic E-state index is 11.4. The van der Waals surface area contributed by atoms with Crippen molar-refractivity contribution in [2.45, 2.75) is 26.3 Å². The van der Waals surface area contributed by atoms with Gasteiger partial charge in [-0.15, -0.1) is 0 Å². The second-order valence-corrected chi connectivity index (χ2v) is 6.57. The van der Waals surface area contributed by atoms with Crippen molar-refractivity contribution in [1.82, 2.24) is 14.9 Å². The molecule has 0 aliphatic carbocycles. The van der Waals surface area contributed by atoms with Crippen molar-refractivity contribution in [2.75, 3.05) is 18.6 Å². The molecule has 1 aromatic rings. The lowest BCUT2D eigenvalue weighted by atomic mass is 10.2. The van der Waals surface area contributed by atoms with E-state index in [1.807, 2.05) is 18.5 Å². The molecule has 0 saturated carbocycles. The first-order valence-corrected chi connectivity index (χ1v) is 7.80. The van der Waals surface area contributed by atoms with E-state index >= 15 is 0 Å². The van der Waals surface area contributed by atoms with E-state index in [2.05, 4.69) is 17.2 Å². The molecule has 0 spiro atoms. The van der Waals surface area contributed by atoms with Gasteiger partial charge in [0.05, 0.1) is 23.7 Å². The molecule has 0 saturated heterocycles. The fraction of sp³-hybridized carbons (Fsp3) is 0.727. The third kappa shape index (κ3) is 4.12. The van der Waals surface area contributed by atoms with Crippen LogP contribution in [-0.2, 0) is 16.9 Å². The van der Waals surface area contributed by atoms with Gasteiger partial charge in [-0.25, -0.2) is 13.4 Å². The van der Waals surface area contributed by atoms with E-state index in [-0.39, 0.29) is 11.8 Å². The normalized spacial score (nSPS) is 13.9. The number of hydrogen-bond acceptors (Lipinski definition) is 4. The molecule has 17 heavy (non-hydrogen) atoms. The van der Waals surface area contributed by atoms with Gasteiger partial charge in [-0.1, -0.05) is 6.92 Å². The van der Waals surface area contributed by atoms with E-state index in [1.165, 1.54) is 6.26 Å². The molecule has 0 amide bonds. The van der Waals surface area contributed by atoms with Crippen LogP contribution in [0.4, 0.5) is 0 Å².